The van der Waals surface area contributed by atoms with Gasteiger partial charge in [0.05, 0.1) is 5.56 Å². The summed E-state index contributed by atoms with van der Waals surface area (Å²) in [6, 6.07) is 5.83. The van der Waals surface area contributed by atoms with E-state index in [-0.39, 0.29) is 12.0 Å². The van der Waals surface area contributed by atoms with Crippen LogP contribution in [-0.4, -0.2) is 18.6 Å². The fourth-order valence-corrected chi connectivity index (χ4v) is 2.33. The van der Waals surface area contributed by atoms with Crippen LogP contribution < -0.4 is 10.1 Å². The topological polar surface area (TPSA) is 38.3 Å². The summed E-state index contributed by atoms with van der Waals surface area (Å²) in [7, 11) is 0. The Morgan fingerprint density at radius 1 is 1.37 bits per heavy atom. The smallest absolute Gasteiger partial charge is 0.255 e. The van der Waals surface area contributed by atoms with Crippen molar-refractivity contribution in [3.63, 3.8) is 0 Å². The predicted octanol–water partition coefficient (Wildman–Crippen LogP) is 3.35. The summed E-state index contributed by atoms with van der Waals surface area (Å²) in [6.45, 7) is 9.20. The molecular formula is C16H23NO2. The quantitative estimate of drug-likeness (QED) is 0.902. The highest BCUT2D eigenvalue weighted by atomic mass is 16.5. The van der Waals surface area contributed by atoms with Crippen molar-refractivity contribution in [2.75, 3.05) is 6.54 Å². The van der Waals surface area contributed by atoms with Crippen LogP contribution >= 0.6 is 0 Å². The molecule has 0 saturated carbocycles. The van der Waals surface area contributed by atoms with E-state index in [0.29, 0.717) is 23.9 Å². The van der Waals surface area contributed by atoms with Crippen LogP contribution in [-0.2, 0) is 0 Å². The van der Waals surface area contributed by atoms with Gasteiger partial charge in [-0.15, -0.1) is 0 Å². The van der Waals surface area contributed by atoms with Crippen LogP contribution in [0, 0.1) is 5.92 Å². The molecule has 0 saturated heterocycles. The van der Waals surface area contributed by atoms with E-state index in [0.717, 1.165) is 17.7 Å². The number of fused-ring (bicyclic) bond motifs is 1. The van der Waals surface area contributed by atoms with Crippen LogP contribution in [0.4, 0.5) is 0 Å². The summed E-state index contributed by atoms with van der Waals surface area (Å²) < 4.78 is 5.84. The van der Waals surface area contributed by atoms with Crippen molar-refractivity contribution in [1.82, 2.24) is 5.32 Å². The summed E-state index contributed by atoms with van der Waals surface area (Å²) in [5.41, 5.74) is 1.81. The Morgan fingerprint density at radius 2 is 2.11 bits per heavy atom. The first-order valence-corrected chi connectivity index (χ1v) is 7.08. The van der Waals surface area contributed by atoms with Crippen molar-refractivity contribution >= 4 is 5.91 Å². The summed E-state index contributed by atoms with van der Waals surface area (Å²) >= 11 is 0. The third kappa shape index (κ3) is 2.91. The molecule has 0 fully saturated rings. The largest absolute Gasteiger partial charge is 0.489 e. The van der Waals surface area contributed by atoms with E-state index in [1.54, 1.807) is 0 Å². The molecule has 2 atom stereocenters. The van der Waals surface area contributed by atoms with Gasteiger partial charge in [-0.05, 0) is 25.3 Å². The van der Waals surface area contributed by atoms with E-state index in [2.05, 4.69) is 26.1 Å². The fraction of sp³-hybridized carbons (Fsp3) is 0.562. The lowest BCUT2D eigenvalue weighted by atomic mass is 9.97. The molecule has 104 valence electrons. The Balaban J connectivity index is 2.12. The Labute approximate surface area is 115 Å². The lowest BCUT2D eigenvalue weighted by Gasteiger charge is -2.10. The molecule has 1 heterocycles. The van der Waals surface area contributed by atoms with Gasteiger partial charge in [-0.25, -0.2) is 0 Å². The maximum Gasteiger partial charge on any atom is 0.255 e. The molecule has 0 spiro atoms. The molecule has 1 aliphatic rings. The van der Waals surface area contributed by atoms with Crippen LogP contribution in [0.5, 0.6) is 5.75 Å². The SMILES string of the molecule is CC(C)CCNC(=O)c1cccc2c1O[C@@H](C)[C@@H]2C. The molecule has 1 amide bonds. The third-order valence-corrected chi connectivity index (χ3v) is 3.80. The zero-order chi connectivity index (χ0) is 14.0. The van der Waals surface area contributed by atoms with E-state index in [1.165, 1.54) is 0 Å². The number of nitrogens with one attached hydrogen (secondary N) is 1. The summed E-state index contributed by atoms with van der Waals surface area (Å²) in [6.07, 6.45) is 1.13. The van der Waals surface area contributed by atoms with Gasteiger partial charge in [-0.3, -0.25) is 4.79 Å². The van der Waals surface area contributed by atoms with Gasteiger partial charge in [0.1, 0.15) is 11.9 Å². The Kier molecular flexibility index (Phi) is 4.13. The maximum atomic E-state index is 12.2. The van der Waals surface area contributed by atoms with Crippen molar-refractivity contribution < 1.29 is 9.53 Å². The Morgan fingerprint density at radius 3 is 2.79 bits per heavy atom. The molecule has 19 heavy (non-hydrogen) atoms. The van der Waals surface area contributed by atoms with Gasteiger partial charge in [0.25, 0.3) is 5.91 Å². The van der Waals surface area contributed by atoms with Gasteiger partial charge >= 0.3 is 0 Å². The average Bonchev–Trinajstić information content (AvgIpc) is 2.65. The molecule has 3 heteroatoms. The molecule has 0 radical (unpaired) electrons. The van der Waals surface area contributed by atoms with E-state index < -0.39 is 0 Å². The number of carbonyl (C=O) groups is 1. The number of amides is 1. The van der Waals surface area contributed by atoms with Crippen LogP contribution in [0.3, 0.4) is 0 Å². The number of benzene rings is 1. The first-order valence-electron chi connectivity index (χ1n) is 7.08. The molecule has 3 nitrogen and oxygen atoms in total. The van der Waals surface area contributed by atoms with Gasteiger partial charge in [-0.2, -0.15) is 0 Å². The molecular weight excluding hydrogens is 238 g/mol. The van der Waals surface area contributed by atoms with Gasteiger partial charge in [0, 0.05) is 18.0 Å². The minimum Gasteiger partial charge on any atom is -0.489 e. The van der Waals surface area contributed by atoms with Gasteiger partial charge in [0.15, 0.2) is 0 Å². The second-order valence-corrected chi connectivity index (χ2v) is 5.77. The van der Waals surface area contributed by atoms with Gasteiger partial charge < -0.3 is 10.1 Å². The Hall–Kier alpha value is -1.51. The van der Waals surface area contributed by atoms with Crippen molar-refractivity contribution in [3.05, 3.63) is 29.3 Å². The molecule has 1 N–H and O–H groups in total. The van der Waals surface area contributed by atoms with Crippen molar-refractivity contribution in [1.29, 1.82) is 0 Å². The van der Waals surface area contributed by atoms with Crippen molar-refractivity contribution in [3.8, 4) is 5.75 Å². The molecule has 1 aromatic carbocycles. The predicted molar refractivity (Wildman–Crippen MR) is 76.7 cm³/mol. The monoisotopic (exact) mass is 261 g/mol. The molecule has 2 rings (SSSR count). The number of ether oxygens (including phenoxy) is 1. The fourth-order valence-electron chi connectivity index (χ4n) is 2.33. The van der Waals surface area contributed by atoms with Crippen molar-refractivity contribution in [2.24, 2.45) is 5.92 Å². The highest BCUT2D eigenvalue weighted by Gasteiger charge is 2.30. The number of carbonyl (C=O) groups excluding carboxylic acids is 1. The zero-order valence-corrected chi connectivity index (χ0v) is 12.2. The number of hydrogen-bond acceptors (Lipinski definition) is 2. The van der Waals surface area contributed by atoms with Gasteiger partial charge in [-0.1, -0.05) is 32.9 Å². The second kappa shape index (κ2) is 5.64. The maximum absolute atomic E-state index is 12.2. The molecule has 1 aromatic rings. The minimum absolute atomic E-state index is 0.0289. The standard InChI is InChI=1S/C16H23NO2/c1-10(2)8-9-17-16(18)14-7-5-6-13-11(3)12(4)19-15(13)14/h5-7,10-12H,8-9H2,1-4H3,(H,17,18)/t11-,12-/m0/s1. The molecule has 0 aliphatic carbocycles. The highest BCUT2D eigenvalue weighted by molar-refractivity contribution is 5.97. The summed E-state index contributed by atoms with van der Waals surface area (Å²) in [4.78, 5) is 12.2. The normalized spacial score (nSPS) is 21.1. The number of rotatable bonds is 4. The Bertz CT molecular complexity index is 468. The molecule has 0 bridgehead atoms. The van der Waals surface area contributed by atoms with E-state index in [4.69, 9.17) is 4.74 Å². The molecule has 1 aliphatic heterocycles. The first kappa shape index (κ1) is 13.9. The van der Waals surface area contributed by atoms with Crippen LogP contribution in [0.1, 0.15) is 56.0 Å². The zero-order valence-electron chi connectivity index (χ0n) is 12.2. The van der Waals surface area contributed by atoms with Crippen LogP contribution in [0.15, 0.2) is 18.2 Å². The average molecular weight is 261 g/mol. The van der Waals surface area contributed by atoms with Crippen LogP contribution in [0.25, 0.3) is 0 Å². The van der Waals surface area contributed by atoms with Crippen LogP contribution in [0.2, 0.25) is 0 Å². The van der Waals surface area contributed by atoms with Gasteiger partial charge in [0.2, 0.25) is 0 Å². The van der Waals surface area contributed by atoms with E-state index in [9.17, 15) is 4.79 Å². The molecule has 0 unspecified atom stereocenters. The third-order valence-electron chi connectivity index (χ3n) is 3.80. The summed E-state index contributed by atoms with van der Waals surface area (Å²) in [5.74, 6) is 1.68. The number of para-hydroxylation sites is 1. The van der Waals surface area contributed by atoms with Crippen molar-refractivity contribution in [2.45, 2.75) is 46.1 Å². The minimum atomic E-state index is -0.0289. The number of hydrogen-bond donors (Lipinski definition) is 1. The lowest BCUT2D eigenvalue weighted by molar-refractivity contribution is 0.0947. The first-order chi connectivity index (χ1) is 9.00. The molecule has 0 aromatic heterocycles. The van der Waals surface area contributed by atoms with E-state index >= 15 is 0 Å². The highest BCUT2D eigenvalue weighted by Crippen LogP contribution is 2.40. The lowest BCUT2D eigenvalue weighted by Crippen LogP contribution is -2.25. The second-order valence-electron chi connectivity index (χ2n) is 5.77. The van der Waals surface area contributed by atoms with E-state index in [1.807, 2.05) is 25.1 Å². The summed E-state index contributed by atoms with van der Waals surface area (Å²) in [5, 5.41) is 2.97.